The van der Waals surface area contributed by atoms with Crippen molar-refractivity contribution in [3.05, 3.63) is 0 Å². The quantitative estimate of drug-likeness (QED) is 0.650. The van der Waals surface area contributed by atoms with Crippen LogP contribution in [-0.2, 0) is 9.53 Å². The number of carbonyl (C=O) groups is 1. The van der Waals surface area contributed by atoms with Crippen molar-refractivity contribution < 1.29 is 9.53 Å². The van der Waals surface area contributed by atoms with Gasteiger partial charge in [-0.3, -0.25) is 4.79 Å². The molecule has 0 amide bonds. The molecule has 0 saturated heterocycles. The molecule has 0 radical (unpaired) electrons. The maximum Gasteiger partial charge on any atom is 0.322 e. The van der Waals surface area contributed by atoms with Crippen LogP contribution in [0, 0.1) is 5.41 Å². The van der Waals surface area contributed by atoms with Crippen molar-refractivity contribution in [2.75, 3.05) is 13.7 Å². The van der Waals surface area contributed by atoms with E-state index < -0.39 is 0 Å². The van der Waals surface area contributed by atoms with Gasteiger partial charge in [0, 0.05) is 6.54 Å². The van der Waals surface area contributed by atoms with E-state index in [1.165, 1.54) is 7.11 Å². The second-order valence-electron chi connectivity index (χ2n) is 5.12. The van der Waals surface area contributed by atoms with Gasteiger partial charge in [0.05, 0.1) is 7.11 Å². The van der Waals surface area contributed by atoms with E-state index in [-0.39, 0.29) is 17.4 Å². The van der Waals surface area contributed by atoms with Gasteiger partial charge in [-0.1, -0.05) is 40.5 Å². The summed E-state index contributed by atoms with van der Waals surface area (Å²) in [6.07, 6.45) is 4.12. The van der Waals surface area contributed by atoms with Crippen LogP contribution in [0.4, 0.5) is 0 Å². The van der Waals surface area contributed by atoms with Crippen LogP contribution >= 0.6 is 0 Å². The molecule has 0 rings (SSSR count). The molecule has 0 aliphatic carbocycles. The summed E-state index contributed by atoms with van der Waals surface area (Å²) in [5, 5.41) is 3.32. The molecule has 0 aromatic heterocycles. The number of esters is 1. The Hall–Kier alpha value is -0.570. The number of unbranched alkanes of at least 4 members (excludes halogenated alkanes) is 1. The average Bonchev–Trinajstić information content (AvgIpc) is 2.28. The molecular formula is C13H27NO2. The zero-order chi connectivity index (χ0) is 12.6. The molecule has 16 heavy (non-hydrogen) atoms. The Labute approximate surface area is 99.9 Å². The maximum absolute atomic E-state index is 11.5. The van der Waals surface area contributed by atoms with E-state index in [2.05, 4.69) is 33.0 Å². The molecule has 0 heterocycles. The highest BCUT2D eigenvalue weighted by Crippen LogP contribution is 2.18. The highest BCUT2D eigenvalue weighted by Gasteiger charge is 2.22. The summed E-state index contributed by atoms with van der Waals surface area (Å²) in [5.74, 6) is -0.139. The van der Waals surface area contributed by atoms with Crippen LogP contribution in [0.5, 0.6) is 0 Å². The standard InChI is InChI=1S/C13H27NO2/c1-6-8-9-11(12(15)16-5)14-10-13(3,4)7-2/h11,14H,6-10H2,1-5H3. The van der Waals surface area contributed by atoms with Crippen molar-refractivity contribution in [1.82, 2.24) is 5.32 Å². The van der Waals surface area contributed by atoms with Crippen molar-refractivity contribution in [3.8, 4) is 0 Å². The van der Waals surface area contributed by atoms with Crippen LogP contribution < -0.4 is 5.32 Å². The number of methoxy groups -OCH3 is 1. The largest absolute Gasteiger partial charge is 0.468 e. The molecule has 0 aliphatic heterocycles. The summed E-state index contributed by atoms with van der Waals surface area (Å²) in [6.45, 7) is 9.56. The minimum Gasteiger partial charge on any atom is -0.468 e. The number of hydrogen-bond acceptors (Lipinski definition) is 3. The van der Waals surface area contributed by atoms with Crippen molar-refractivity contribution in [3.63, 3.8) is 0 Å². The van der Waals surface area contributed by atoms with Gasteiger partial charge in [-0.15, -0.1) is 0 Å². The first-order valence-corrected chi connectivity index (χ1v) is 6.28. The molecule has 0 saturated carbocycles. The fraction of sp³-hybridized carbons (Fsp3) is 0.923. The molecule has 0 aliphatic rings. The molecule has 3 heteroatoms. The first-order valence-electron chi connectivity index (χ1n) is 6.28. The molecule has 0 bridgehead atoms. The topological polar surface area (TPSA) is 38.3 Å². The molecule has 0 aromatic carbocycles. The summed E-state index contributed by atoms with van der Waals surface area (Å²) in [7, 11) is 1.45. The lowest BCUT2D eigenvalue weighted by Gasteiger charge is -2.26. The van der Waals surface area contributed by atoms with Crippen molar-refractivity contribution in [2.45, 2.75) is 59.4 Å². The van der Waals surface area contributed by atoms with Crippen molar-refractivity contribution >= 4 is 5.97 Å². The molecule has 1 atom stereocenters. The fourth-order valence-electron chi connectivity index (χ4n) is 1.38. The highest BCUT2D eigenvalue weighted by molar-refractivity contribution is 5.75. The zero-order valence-electron chi connectivity index (χ0n) is 11.4. The third kappa shape index (κ3) is 6.11. The van der Waals surface area contributed by atoms with Gasteiger partial charge in [-0.05, 0) is 18.3 Å². The molecule has 96 valence electrons. The van der Waals surface area contributed by atoms with Gasteiger partial charge in [0.2, 0.25) is 0 Å². The van der Waals surface area contributed by atoms with Gasteiger partial charge in [-0.25, -0.2) is 0 Å². The van der Waals surface area contributed by atoms with Gasteiger partial charge in [0.1, 0.15) is 6.04 Å². The Morgan fingerprint density at radius 2 is 2.00 bits per heavy atom. The maximum atomic E-state index is 11.5. The van der Waals surface area contributed by atoms with Crippen LogP contribution in [0.3, 0.4) is 0 Å². The summed E-state index contributed by atoms with van der Waals surface area (Å²) < 4.78 is 4.81. The molecule has 1 unspecified atom stereocenters. The van der Waals surface area contributed by atoms with Gasteiger partial charge in [0.15, 0.2) is 0 Å². The molecule has 1 N–H and O–H groups in total. The van der Waals surface area contributed by atoms with E-state index in [0.717, 1.165) is 32.2 Å². The number of carbonyl (C=O) groups excluding carboxylic acids is 1. The third-order valence-corrected chi connectivity index (χ3v) is 3.12. The number of hydrogen-bond donors (Lipinski definition) is 1. The first kappa shape index (κ1) is 15.4. The Balaban J connectivity index is 4.15. The Bertz CT molecular complexity index is 202. The van der Waals surface area contributed by atoms with E-state index in [0.29, 0.717) is 0 Å². The smallest absolute Gasteiger partial charge is 0.322 e. The van der Waals surface area contributed by atoms with E-state index in [1.807, 2.05) is 0 Å². The molecule has 3 nitrogen and oxygen atoms in total. The van der Waals surface area contributed by atoms with Gasteiger partial charge in [-0.2, -0.15) is 0 Å². The van der Waals surface area contributed by atoms with Gasteiger partial charge in [0.25, 0.3) is 0 Å². The number of nitrogens with one attached hydrogen (secondary N) is 1. The lowest BCUT2D eigenvalue weighted by atomic mass is 9.90. The SMILES string of the molecule is CCCCC(NCC(C)(C)CC)C(=O)OC. The number of ether oxygens (including phenoxy) is 1. The first-order chi connectivity index (χ1) is 7.46. The predicted molar refractivity (Wildman–Crippen MR) is 67.4 cm³/mol. The van der Waals surface area contributed by atoms with E-state index in [9.17, 15) is 4.79 Å². The Morgan fingerprint density at radius 3 is 2.44 bits per heavy atom. The second-order valence-corrected chi connectivity index (χ2v) is 5.12. The summed E-state index contributed by atoms with van der Waals surface area (Å²) in [5.41, 5.74) is 0.235. The normalized spacial score (nSPS) is 13.6. The van der Waals surface area contributed by atoms with Crippen LogP contribution in [0.2, 0.25) is 0 Å². The van der Waals surface area contributed by atoms with Gasteiger partial charge >= 0.3 is 5.97 Å². The fourth-order valence-corrected chi connectivity index (χ4v) is 1.38. The zero-order valence-corrected chi connectivity index (χ0v) is 11.4. The van der Waals surface area contributed by atoms with E-state index in [4.69, 9.17) is 4.74 Å². The monoisotopic (exact) mass is 229 g/mol. The minimum atomic E-state index is -0.143. The summed E-state index contributed by atoms with van der Waals surface area (Å²) in [4.78, 5) is 11.5. The third-order valence-electron chi connectivity index (χ3n) is 3.12. The van der Waals surface area contributed by atoms with Crippen molar-refractivity contribution in [1.29, 1.82) is 0 Å². The van der Waals surface area contributed by atoms with Crippen LogP contribution in [0.25, 0.3) is 0 Å². The lowest BCUT2D eigenvalue weighted by Crippen LogP contribution is -2.42. The summed E-state index contributed by atoms with van der Waals surface area (Å²) >= 11 is 0. The van der Waals surface area contributed by atoms with Gasteiger partial charge < -0.3 is 10.1 Å². The minimum absolute atomic E-state index is 0.139. The lowest BCUT2D eigenvalue weighted by molar-refractivity contribution is -0.143. The average molecular weight is 229 g/mol. The number of rotatable bonds is 8. The molecule has 0 fully saturated rings. The summed E-state index contributed by atoms with van der Waals surface area (Å²) in [6, 6.07) is -0.143. The predicted octanol–water partition coefficient (Wildman–Crippen LogP) is 2.74. The molecule has 0 spiro atoms. The van der Waals surface area contributed by atoms with Crippen LogP contribution in [0.1, 0.15) is 53.4 Å². The van der Waals surface area contributed by atoms with Crippen molar-refractivity contribution in [2.24, 2.45) is 5.41 Å². The van der Waals surface area contributed by atoms with Crippen LogP contribution in [0.15, 0.2) is 0 Å². The van der Waals surface area contributed by atoms with E-state index >= 15 is 0 Å². The highest BCUT2D eigenvalue weighted by atomic mass is 16.5. The molecular weight excluding hydrogens is 202 g/mol. The Morgan fingerprint density at radius 1 is 1.38 bits per heavy atom. The second kappa shape index (κ2) is 7.66. The van der Waals surface area contributed by atoms with Crippen LogP contribution in [-0.4, -0.2) is 25.7 Å². The van der Waals surface area contributed by atoms with E-state index in [1.54, 1.807) is 0 Å². The molecule has 0 aromatic rings. The Kier molecular flexibility index (Phi) is 7.39.